The van der Waals surface area contributed by atoms with Crippen molar-refractivity contribution >= 4 is 0 Å². The van der Waals surface area contributed by atoms with Gasteiger partial charge in [0.15, 0.2) is 0 Å². The summed E-state index contributed by atoms with van der Waals surface area (Å²) < 4.78 is 0. The summed E-state index contributed by atoms with van der Waals surface area (Å²) in [5, 5.41) is 15.1. The SMILES string of the molecule is N#C[CH-]C#N.[Y]. The Bertz CT molecular complexity index is 73.9. The summed E-state index contributed by atoms with van der Waals surface area (Å²) >= 11 is 0. The molecule has 0 amide bonds. The van der Waals surface area contributed by atoms with E-state index in [9.17, 15) is 0 Å². The molecule has 0 aliphatic heterocycles. The van der Waals surface area contributed by atoms with Gasteiger partial charge in [0, 0.05) is 32.7 Å². The molecular formula is C3HN2Y-. The number of nitrogens with zero attached hydrogens (tertiary/aromatic N) is 2. The summed E-state index contributed by atoms with van der Waals surface area (Å²) in [4.78, 5) is 0. The Hall–Kier alpha value is -0.0461. The van der Waals surface area contributed by atoms with Crippen LogP contribution in [0.3, 0.4) is 0 Å². The molecule has 2 nitrogen and oxygen atoms in total. The van der Waals surface area contributed by atoms with E-state index in [0.29, 0.717) is 0 Å². The number of hydrogen-bond donors (Lipinski definition) is 0. The largest absolute Gasteiger partial charge is 0.233 e. The first kappa shape index (κ1) is 9.35. The zero-order valence-corrected chi connectivity index (χ0v) is 5.89. The normalized spacial score (nSPS) is 3.00. The smallest absolute Gasteiger partial charge is 0 e. The van der Waals surface area contributed by atoms with Crippen LogP contribution in [0.1, 0.15) is 0 Å². The summed E-state index contributed by atoms with van der Waals surface area (Å²) in [6.45, 7) is 0. The fourth-order valence-corrected chi connectivity index (χ4v) is 0.0289. The minimum Gasteiger partial charge on any atom is -0.233 e. The van der Waals surface area contributed by atoms with E-state index in [2.05, 4.69) is 0 Å². The molecule has 0 unspecified atom stereocenters. The average molecular weight is 154 g/mol. The zero-order valence-electron chi connectivity index (χ0n) is 3.05. The Kier molecular flexibility index (Phi) is 13.8. The Morgan fingerprint density at radius 1 is 1.17 bits per heavy atom. The van der Waals surface area contributed by atoms with Crippen LogP contribution in [-0.2, 0) is 32.7 Å². The van der Waals surface area contributed by atoms with Gasteiger partial charge in [-0.1, -0.05) is 12.1 Å². The Morgan fingerprint density at radius 3 is 1.50 bits per heavy atom. The quantitative estimate of drug-likeness (QED) is 0.469. The van der Waals surface area contributed by atoms with Gasteiger partial charge in [-0.2, -0.15) is 6.42 Å². The zero-order chi connectivity index (χ0) is 4.12. The van der Waals surface area contributed by atoms with Crippen molar-refractivity contribution < 1.29 is 32.7 Å². The van der Waals surface area contributed by atoms with Crippen LogP contribution in [0.25, 0.3) is 0 Å². The van der Waals surface area contributed by atoms with Gasteiger partial charge >= 0.3 is 0 Å². The molecule has 0 aliphatic carbocycles. The monoisotopic (exact) mass is 154 g/mol. The van der Waals surface area contributed by atoms with Crippen molar-refractivity contribution in [2.24, 2.45) is 0 Å². The van der Waals surface area contributed by atoms with Gasteiger partial charge in [0.05, 0.1) is 0 Å². The predicted octanol–water partition coefficient (Wildman–Crippen LogP) is 0.235. The maximum Gasteiger partial charge on any atom is 0 e. The van der Waals surface area contributed by atoms with E-state index in [1.54, 1.807) is 0 Å². The van der Waals surface area contributed by atoms with Crippen LogP contribution in [-0.4, -0.2) is 0 Å². The predicted molar refractivity (Wildman–Crippen MR) is 15.5 cm³/mol. The molecule has 0 N–H and O–H groups in total. The molecule has 3 heteroatoms. The minimum absolute atomic E-state index is 0. The van der Waals surface area contributed by atoms with E-state index in [0.717, 1.165) is 6.42 Å². The molecule has 0 aromatic carbocycles. The van der Waals surface area contributed by atoms with Crippen molar-refractivity contribution in [2.45, 2.75) is 0 Å². The third-order valence-electron chi connectivity index (χ3n) is 0.129. The molecule has 0 bridgehead atoms. The summed E-state index contributed by atoms with van der Waals surface area (Å²) in [5.74, 6) is 0. The van der Waals surface area contributed by atoms with Gasteiger partial charge in [-0.05, 0) is 0 Å². The van der Waals surface area contributed by atoms with Crippen LogP contribution in [0.4, 0.5) is 0 Å². The summed E-state index contributed by atoms with van der Waals surface area (Å²) in [6.07, 6.45) is 0.861. The van der Waals surface area contributed by atoms with Crippen LogP contribution in [0, 0.1) is 29.1 Å². The molecule has 0 fully saturated rings. The first-order valence-electron chi connectivity index (χ1n) is 1.02. The number of rotatable bonds is 0. The van der Waals surface area contributed by atoms with Crippen molar-refractivity contribution in [3.8, 4) is 12.1 Å². The molecule has 0 saturated heterocycles. The van der Waals surface area contributed by atoms with Crippen molar-refractivity contribution in [2.75, 3.05) is 0 Å². The van der Waals surface area contributed by atoms with Crippen LogP contribution in [0.2, 0.25) is 0 Å². The van der Waals surface area contributed by atoms with Crippen molar-refractivity contribution in [1.29, 1.82) is 10.5 Å². The van der Waals surface area contributed by atoms with Gasteiger partial charge in [0.1, 0.15) is 0 Å². The molecule has 1 radical (unpaired) electrons. The van der Waals surface area contributed by atoms with E-state index in [1.165, 1.54) is 12.1 Å². The molecule has 6 heavy (non-hydrogen) atoms. The van der Waals surface area contributed by atoms with Crippen molar-refractivity contribution in [3.05, 3.63) is 6.42 Å². The molecule has 0 rings (SSSR count). The van der Waals surface area contributed by atoms with Crippen LogP contribution >= 0.6 is 0 Å². The maximum atomic E-state index is 7.54. The summed E-state index contributed by atoms with van der Waals surface area (Å²) in [6, 6.07) is 3.06. The third kappa shape index (κ3) is 9.04. The Morgan fingerprint density at radius 2 is 1.50 bits per heavy atom. The van der Waals surface area contributed by atoms with Crippen molar-refractivity contribution in [3.63, 3.8) is 0 Å². The molecule has 0 aromatic heterocycles. The Labute approximate surface area is 61.6 Å². The summed E-state index contributed by atoms with van der Waals surface area (Å²) in [5.41, 5.74) is 0. The second kappa shape index (κ2) is 8.88. The van der Waals surface area contributed by atoms with Gasteiger partial charge in [-0.3, -0.25) is 0 Å². The van der Waals surface area contributed by atoms with E-state index in [1.807, 2.05) is 0 Å². The molecule has 0 spiro atoms. The molecule has 0 atom stereocenters. The maximum absolute atomic E-state index is 7.54. The van der Waals surface area contributed by atoms with Gasteiger partial charge in [0.25, 0.3) is 0 Å². The number of nitriles is 2. The van der Waals surface area contributed by atoms with Crippen LogP contribution < -0.4 is 0 Å². The van der Waals surface area contributed by atoms with Crippen LogP contribution in [0.15, 0.2) is 0 Å². The first-order chi connectivity index (χ1) is 2.41. The average Bonchev–Trinajstić information content (AvgIpc) is 1.41. The standard InChI is InChI=1S/C3HN2.Y/c4-2-1-3-5;/h1H;/q-1;. The molecule has 0 aromatic rings. The molecule has 0 saturated carbocycles. The van der Waals surface area contributed by atoms with E-state index >= 15 is 0 Å². The fraction of sp³-hybridized carbons (Fsp3) is 0. The molecular weight excluding hydrogens is 153 g/mol. The van der Waals surface area contributed by atoms with Gasteiger partial charge in [-0.15, -0.1) is 0 Å². The van der Waals surface area contributed by atoms with Gasteiger partial charge in [-0.25, -0.2) is 10.5 Å². The second-order valence-corrected chi connectivity index (χ2v) is 0.403. The van der Waals surface area contributed by atoms with E-state index in [4.69, 9.17) is 10.5 Å². The molecule has 0 heterocycles. The first-order valence-corrected chi connectivity index (χ1v) is 1.02. The topological polar surface area (TPSA) is 47.6 Å². The Balaban J connectivity index is 0. The second-order valence-electron chi connectivity index (χ2n) is 0.403. The fourth-order valence-electron chi connectivity index (χ4n) is 0.0289. The van der Waals surface area contributed by atoms with Gasteiger partial charge < -0.3 is 0 Å². The van der Waals surface area contributed by atoms with E-state index < -0.39 is 0 Å². The number of hydrogen-bond acceptors (Lipinski definition) is 2. The molecule has 0 aliphatic rings. The van der Waals surface area contributed by atoms with Gasteiger partial charge in [0.2, 0.25) is 0 Å². The third-order valence-corrected chi connectivity index (χ3v) is 0.129. The summed E-state index contributed by atoms with van der Waals surface area (Å²) in [7, 11) is 0. The van der Waals surface area contributed by atoms with Crippen LogP contribution in [0.5, 0.6) is 0 Å². The van der Waals surface area contributed by atoms with Crippen molar-refractivity contribution in [1.82, 2.24) is 0 Å². The molecule has 27 valence electrons. The van der Waals surface area contributed by atoms with E-state index in [-0.39, 0.29) is 32.7 Å². The minimum atomic E-state index is 0.